The van der Waals surface area contributed by atoms with Crippen molar-refractivity contribution < 1.29 is 4.79 Å². The number of thiophene rings is 1. The number of nitrogens with zero attached hydrogens (tertiary/aromatic N) is 4. The first-order valence-electron chi connectivity index (χ1n) is 6.44. The molecule has 0 atom stereocenters. The molecule has 0 bridgehead atoms. The number of carbonyl (C=O) groups excluding carboxylic acids is 1. The summed E-state index contributed by atoms with van der Waals surface area (Å²) in [6.07, 6.45) is 2.61. The van der Waals surface area contributed by atoms with Crippen molar-refractivity contribution in [1.82, 2.24) is 14.9 Å². The van der Waals surface area contributed by atoms with E-state index in [1.54, 1.807) is 24.6 Å². The second kappa shape index (κ2) is 5.13. The number of hydrogen-bond donors (Lipinski definition) is 0. The maximum absolute atomic E-state index is 11.4. The monoisotopic (exact) mass is 276 g/mol. The molecular weight excluding hydrogens is 260 g/mol. The molecule has 0 radical (unpaired) electrons. The fourth-order valence-corrected chi connectivity index (χ4v) is 3.20. The zero-order chi connectivity index (χ0) is 13.2. The maximum atomic E-state index is 11.4. The Bertz CT molecular complexity index is 597. The molecule has 3 rings (SSSR count). The smallest absolute Gasteiger partial charge is 0.219 e. The van der Waals surface area contributed by atoms with E-state index in [9.17, 15) is 4.79 Å². The lowest BCUT2D eigenvalue weighted by atomic mass is 10.3. The topological polar surface area (TPSA) is 49.3 Å². The molecule has 1 aliphatic rings. The van der Waals surface area contributed by atoms with Crippen LogP contribution in [0.25, 0.3) is 10.2 Å². The third-order valence-corrected chi connectivity index (χ3v) is 4.30. The standard InChI is InChI=1S/C13H16N4OS/c1-10(18)16-4-2-5-17(7-6-16)12-11-3-8-19-13(11)15-9-14-12/h3,8-9H,2,4-7H2,1H3. The van der Waals surface area contributed by atoms with Crippen molar-refractivity contribution in [3.05, 3.63) is 17.8 Å². The van der Waals surface area contributed by atoms with Crippen molar-refractivity contribution in [2.24, 2.45) is 0 Å². The predicted octanol–water partition coefficient (Wildman–Crippen LogP) is 1.75. The van der Waals surface area contributed by atoms with Crippen LogP contribution in [-0.4, -0.2) is 47.0 Å². The van der Waals surface area contributed by atoms with Gasteiger partial charge in [0.25, 0.3) is 0 Å². The minimum Gasteiger partial charge on any atom is -0.354 e. The highest BCUT2D eigenvalue weighted by atomic mass is 32.1. The molecule has 0 unspecified atom stereocenters. The number of aromatic nitrogens is 2. The lowest BCUT2D eigenvalue weighted by Crippen LogP contribution is -2.33. The van der Waals surface area contributed by atoms with Crippen LogP contribution >= 0.6 is 11.3 Å². The molecule has 0 spiro atoms. The minimum atomic E-state index is 0.158. The average molecular weight is 276 g/mol. The van der Waals surface area contributed by atoms with E-state index in [-0.39, 0.29) is 5.91 Å². The molecule has 3 heterocycles. The summed E-state index contributed by atoms with van der Waals surface area (Å²) < 4.78 is 0. The van der Waals surface area contributed by atoms with E-state index in [2.05, 4.69) is 20.9 Å². The molecule has 0 N–H and O–H groups in total. The SMILES string of the molecule is CC(=O)N1CCCN(c2ncnc3sccc23)CC1. The van der Waals surface area contributed by atoms with E-state index in [4.69, 9.17) is 0 Å². The minimum absolute atomic E-state index is 0.158. The number of hydrogen-bond acceptors (Lipinski definition) is 5. The van der Waals surface area contributed by atoms with Crippen LogP contribution in [0.4, 0.5) is 5.82 Å². The lowest BCUT2D eigenvalue weighted by Gasteiger charge is -2.22. The molecule has 0 aromatic carbocycles. The van der Waals surface area contributed by atoms with Gasteiger partial charge in [-0.25, -0.2) is 9.97 Å². The van der Waals surface area contributed by atoms with Crippen LogP contribution in [0.1, 0.15) is 13.3 Å². The molecular formula is C13H16N4OS. The lowest BCUT2D eigenvalue weighted by molar-refractivity contribution is -0.128. The Kier molecular flexibility index (Phi) is 3.33. The third kappa shape index (κ3) is 2.40. The quantitative estimate of drug-likeness (QED) is 0.796. The summed E-state index contributed by atoms with van der Waals surface area (Å²) in [5.74, 6) is 1.15. The van der Waals surface area contributed by atoms with Crippen LogP contribution in [-0.2, 0) is 4.79 Å². The average Bonchev–Trinajstić information content (AvgIpc) is 2.74. The molecule has 1 amide bonds. The first-order valence-corrected chi connectivity index (χ1v) is 7.32. The second-order valence-corrected chi connectivity index (χ2v) is 5.58. The van der Waals surface area contributed by atoms with Crippen LogP contribution < -0.4 is 4.90 Å². The molecule has 2 aromatic heterocycles. The molecule has 100 valence electrons. The summed E-state index contributed by atoms with van der Waals surface area (Å²) in [5.41, 5.74) is 0. The van der Waals surface area contributed by atoms with Crippen molar-refractivity contribution >= 4 is 33.3 Å². The summed E-state index contributed by atoms with van der Waals surface area (Å²) >= 11 is 1.63. The van der Waals surface area contributed by atoms with Crippen molar-refractivity contribution in [3.8, 4) is 0 Å². The van der Waals surface area contributed by atoms with Gasteiger partial charge in [0.15, 0.2) is 0 Å². The van der Waals surface area contributed by atoms with Gasteiger partial charge < -0.3 is 9.80 Å². The van der Waals surface area contributed by atoms with Crippen molar-refractivity contribution in [1.29, 1.82) is 0 Å². The van der Waals surface area contributed by atoms with Crippen LogP contribution in [0.3, 0.4) is 0 Å². The Morgan fingerprint density at radius 3 is 3.00 bits per heavy atom. The summed E-state index contributed by atoms with van der Waals surface area (Å²) in [6, 6.07) is 2.07. The van der Waals surface area contributed by atoms with E-state index in [0.717, 1.165) is 48.6 Å². The molecule has 1 saturated heterocycles. The Hall–Kier alpha value is -1.69. The van der Waals surface area contributed by atoms with Gasteiger partial charge in [-0.05, 0) is 17.9 Å². The van der Waals surface area contributed by atoms with Gasteiger partial charge in [-0.15, -0.1) is 11.3 Å². The number of carbonyl (C=O) groups is 1. The van der Waals surface area contributed by atoms with E-state index < -0.39 is 0 Å². The number of anilines is 1. The summed E-state index contributed by atoms with van der Waals surface area (Å²) in [4.78, 5) is 25.4. The van der Waals surface area contributed by atoms with Gasteiger partial charge in [0.1, 0.15) is 17.0 Å². The van der Waals surface area contributed by atoms with Gasteiger partial charge in [0.2, 0.25) is 5.91 Å². The number of rotatable bonds is 1. The number of fused-ring (bicyclic) bond motifs is 1. The molecule has 5 nitrogen and oxygen atoms in total. The second-order valence-electron chi connectivity index (χ2n) is 4.68. The maximum Gasteiger partial charge on any atom is 0.219 e. The Morgan fingerprint density at radius 2 is 2.16 bits per heavy atom. The normalized spacial score (nSPS) is 16.7. The van der Waals surface area contributed by atoms with Crippen LogP contribution in [0.15, 0.2) is 17.8 Å². The molecule has 2 aromatic rings. The summed E-state index contributed by atoms with van der Waals surface area (Å²) in [7, 11) is 0. The fourth-order valence-electron chi connectivity index (χ4n) is 2.47. The van der Waals surface area contributed by atoms with Crippen LogP contribution in [0, 0.1) is 0 Å². The molecule has 6 heteroatoms. The molecule has 19 heavy (non-hydrogen) atoms. The molecule has 0 saturated carbocycles. The predicted molar refractivity (Wildman–Crippen MR) is 76.5 cm³/mol. The van der Waals surface area contributed by atoms with Crippen LogP contribution in [0.2, 0.25) is 0 Å². The fraction of sp³-hybridized carbons (Fsp3) is 0.462. The highest BCUT2D eigenvalue weighted by molar-refractivity contribution is 7.16. The Labute approximate surface area is 115 Å². The van der Waals surface area contributed by atoms with Gasteiger partial charge in [-0.3, -0.25) is 4.79 Å². The van der Waals surface area contributed by atoms with Gasteiger partial charge in [0, 0.05) is 33.1 Å². The summed E-state index contributed by atoms with van der Waals surface area (Å²) in [6.45, 7) is 5.01. The zero-order valence-corrected chi connectivity index (χ0v) is 11.7. The highest BCUT2D eigenvalue weighted by Crippen LogP contribution is 2.27. The van der Waals surface area contributed by atoms with Gasteiger partial charge >= 0.3 is 0 Å². The first kappa shape index (κ1) is 12.3. The van der Waals surface area contributed by atoms with Crippen molar-refractivity contribution in [2.75, 3.05) is 31.1 Å². The Morgan fingerprint density at radius 1 is 1.26 bits per heavy atom. The molecule has 1 fully saturated rings. The summed E-state index contributed by atoms with van der Waals surface area (Å²) in [5, 5.41) is 3.16. The van der Waals surface area contributed by atoms with Gasteiger partial charge in [-0.1, -0.05) is 0 Å². The van der Waals surface area contributed by atoms with E-state index in [1.807, 2.05) is 10.3 Å². The highest BCUT2D eigenvalue weighted by Gasteiger charge is 2.19. The molecule has 1 aliphatic heterocycles. The molecule has 0 aliphatic carbocycles. The van der Waals surface area contributed by atoms with Gasteiger partial charge in [-0.2, -0.15) is 0 Å². The van der Waals surface area contributed by atoms with Crippen LogP contribution in [0.5, 0.6) is 0 Å². The largest absolute Gasteiger partial charge is 0.354 e. The van der Waals surface area contributed by atoms with Crippen molar-refractivity contribution in [3.63, 3.8) is 0 Å². The first-order chi connectivity index (χ1) is 9.25. The van der Waals surface area contributed by atoms with Crippen molar-refractivity contribution in [2.45, 2.75) is 13.3 Å². The number of amides is 1. The van der Waals surface area contributed by atoms with E-state index in [0.29, 0.717) is 0 Å². The van der Waals surface area contributed by atoms with E-state index >= 15 is 0 Å². The Balaban J connectivity index is 1.86. The zero-order valence-electron chi connectivity index (χ0n) is 10.9. The van der Waals surface area contributed by atoms with E-state index in [1.165, 1.54) is 0 Å². The third-order valence-electron chi connectivity index (χ3n) is 3.48. The van der Waals surface area contributed by atoms with Gasteiger partial charge in [0.05, 0.1) is 5.39 Å².